The molecule has 0 aliphatic carbocycles. The van der Waals surface area contributed by atoms with Gasteiger partial charge in [0.15, 0.2) is 6.29 Å². The largest absolute Gasteiger partial charge is 0.480 e. The van der Waals surface area contributed by atoms with Crippen LogP contribution in [0.15, 0.2) is 24.3 Å². The van der Waals surface area contributed by atoms with E-state index in [1.807, 2.05) is 6.07 Å². The van der Waals surface area contributed by atoms with E-state index in [2.05, 4.69) is 11.8 Å². The molecule has 0 bridgehead atoms. The van der Waals surface area contributed by atoms with Gasteiger partial charge in [0.1, 0.15) is 12.4 Å². The van der Waals surface area contributed by atoms with Gasteiger partial charge >= 0.3 is 0 Å². The van der Waals surface area contributed by atoms with Crippen LogP contribution in [0.4, 0.5) is 0 Å². The maximum absolute atomic E-state index is 10.5. The molecule has 2 nitrogen and oxygen atoms in total. The molecule has 2 heteroatoms. The molecule has 1 rings (SSSR count). The number of benzene rings is 1. The summed E-state index contributed by atoms with van der Waals surface area (Å²) >= 11 is 0. The Morgan fingerprint density at radius 1 is 1.46 bits per heavy atom. The standard InChI is InChI=1S/C11H10O2/c1-2-3-8-13-11-7-5-4-6-10(11)9-12/h4-7,9H,8H2,1H3. The minimum atomic E-state index is 0.321. The van der Waals surface area contributed by atoms with Crippen LogP contribution in [0.25, 0.3) is 0 Å². The second kappa shape index (κ2) is 5.00. The maximum Gasteiger partial charge on any atom is 0.153 e. The molecule has 66 valence electrons. The summed E-state index contributed by atoms with van der Waals surface area (Å²) in [6.07, 6.45) is 0.773. The van der Waals surface area contributed by atoms with Gasteiger partial charge in [-0.05, 0) is 19.1 Å². The van der Waals surface area contributed by atoms with Crippen LogP contribution in [0.2, 0.25) is 0 Å². The predicted octanol–water partition coefficient (Wildman–Crippen LogP) is 1.90. The van der Waals surface area contributed by atoms with Crippen molar-refractivity contribution >= 4 is 6.29 Å². The van der Waals surface area contributed by atoms with Crippen LogP contribution in [-0.4, -0.2) is 12.9 Å². The van der Waals surface area contributed by atoms with Crippen molar-refractivity contribution in [3.05, 3.63) is 29.8 Å². The number of aldehydes is 1. The molecule has 0 aliphatic heterocycles. The first-order chi connectivity index (χ1) is 6.38. The summed E-state index contributed by atoms with van der Waals surface area (Å²) in [6, 6.07) is 7.08. The zero-order valence-corrected chi connectivity index (χ0v) is 7.41. The molecule has 13 heavy (non-hydrogen) atoms. The van der Waals surface area contributed by atoms with Crippen LogP contribution in [-0.2, 0) is 0 Å². The van der Waals surface area contributed by atoms with Crippen LogP contribution in [0, 0.1) is 11.8 Å². The first-order valence-corrected chi connectivity index (χ1v) is 3.95. The van der Waals surface area contributed by atoms with E-state index < -0.39 is 0 Å². The fourth-order valence-electron chi connectivity index (χ4n) is 0.895. The quantitative estimate of drug-likeness (QED) is 0.516. The maximum atomic E-state index is 10.5. The lowest BCUT2D eigenvalue weighted by atomic mass is 10.2. The van der Waals surface area contributed by atoms with E-state index in [9.17, 15) is 4.79 Å². The molecule has 0 fully saturated rings. The molecule has 0 radical (unpaired) electrons. The second-order valence-corrected chi connectivity index (χ2v) is 2.37. The minimum absolute atomic E-state index is 0.321. The van der Waals surface area contributed by atoms with Crippen LogP contribution in [0.5, 0.6) is 5.75 Å². The summed E-state index contributed by atoms with van der Waals surface area (Å²) in [6.45, 7) is 2.07. The van der Waals surface area contributed by atoms with Crippen LogP contribution >= 0.6 is 0 Å². The average molecular weight is 174 g/mol. The first-order valence-electron chi connectivity index (χ1n) is 3.95. The van der Waals surface area contributed by atoms with Crippen LogP contribution < -0.4 is 4.74 Å². The fourth-order valence-corrected chi connectivity index (χ4v) is 0.895. The number of carbonyl (C=O) groups excluding carboxylic acids is 1. The number of hydrogen-bond donors (Lipinski definition) is 0. The van der Waals surface area contributed by atoms with Crippen molar-refractivity contribution in [2.24, 2.45) is 0 Å². The van der Waals surface area contributed by atoms with Gasteiger partial charge in [-0.25, -0.2) is 0 Å². The Morgan fingerprint density at radius 2 is 2.23 bits per heavy atom. The molecule has 0 aliphatic rings. The Labute approximate surface area is 77.5 Å². The molecule has 0 atom stereocenters. The molecular formula is C11H10O2. The number of ether oxygens (including phenoxy) is 1. The molecule has 1 aromatic carbocycles. The molecule has 0 saturated heterocycles. The normalized spacial score (nSPS) is 8.38. The van der Waals surface area contributed by atoms with Crippen LogP contribution in [0.1, 0.15) is 17.3 Å². The van der Waals surface area contributed by atoms with Gasteiger partial charge in [-0.3, -0.25) is 4.79 Å². The number of hydrogen-bond acceptors (Lipinski definition) is 2. The Balaban J connectivity index is 2.73. The number of carbonyl (C=O) groups is 1. The van der Waals surface area contributed by atoms with Gasteiger partial charge in [0.05, 0.1) is 5.56 Å². The summed E-state index contributed by atoms with van der Waals surface area (Å²) in [5.41, 5.74) is 0.556. The number of rotatable bonds is 3. The van der Waals surface area contributed by atoms with E-state index in [-0.39, 0.29) is 0 Å². The summed E-state index contributed by atoms with van der Waals surface area (Å²) in [4.78, 5) is 10.5. The Morgan fingerprint density at radius 3 is 2.92 bits per heavy atom. The minimum Gasteiger partial charge on any atom is -0.480 e. The van der Waals surface area contributed by atoms with E-state index in [1.165, 1.54) is 0 Å². The van der Waals surface area contributed by atoms with Crippen molar-refractivity contribution < 1.29 is 9.53 Å². The topological polar surface area (TPSA) is 26.3 Å². The third kappa shape index (κ3) is 2.64. The molecule has 0 aromatic heterocycles. The molecule has 0 saturated carbocycles. The average Bonchev–Trinajstić information content (AvgIpc) is 2.19. The van der Waals surface area contributed by atoms with Gasteiger partial charge in [0.25, 0.3) is 0 Å². The van der Waals surface area contributed by atoms with Crippen molar-refractivity contribution in [3.8, 4) is 17.6 Å². The Hall–Kier alpha value is -1.75. The van der Waals surface area contributed by atoms with E-state index >= 15 is 0 Å². The monoisotopic (exact) mass is 174 g/mol. The summed E-state index contributed by atoms with van der Waals surface area (Å²) in [7, 11) is 0. The van der Waals surface area contributed by atoms with Gasteiger partial charge in [-0.1, -0.05) is 18.1 Å². The molecule has 0 unspecified atom stereocenters. The highest BCUT2D eigenvalue weighted by Gasteiger charge is 1.98. The van der Waals surface area contributed by atoms with E-state index in [0.29, 0.717) is 17.9 Å². The molecule has 0 amide bonds. The lowest BCUT2D eigenvalue weighted by Crippen LogP contribution is -1.96. The van der Waals surface area contributed by atoms with Gasteiger partial charge in [-0.2, -0.15) is 0 Å². The zero-order valence-electron chi connectivity index (χ0n) is 7.41. The highest BCUT2D eigenvalue weighted by Crippen LogP contribution is 2.14. The summed E-state index contributed by atoms with van der Waals surface area (Å²) < 4.78 is 5.26. The van der Waals surface area contributed by atoms with Gasteiger partial charge in [-0.15, -0.1) is 5.92 Å². The summed E-state index contributed by atoms with van der Waals surface area (Å²) in [5, 5.41) is 0. The van der Waals surface area contributed by atoms with Gasteiger partial charge in [0.2, 0.25) is 0 Å². The first kappa shape index (κ1) is 9.34. The Kier molecular flexibility index (Phi) is 3.59. The van der Waals surface area contributed by atoms with Crippen molar-refractivity contribution in [3.63, 3.8) is 0 Å². The fraction of sp³-hybridized carbons (Fsp3) is 0.182. The molecular weight excluding hydrogens is 164 g/mol. The summed E-state index contributed by atoms with van der Waals surface area (Å²) in [5.74, 6) is 6.06. The SMILES string of the molecule is CC#CCOc1ccccc1C=O. The van der Waals surface area contributed by atoms with E-state index in [4.69, 9.17) is 4.74 Å². The zero-order chi connectivity index (χ0) is 9.52. The van der Waals surface area contributed by atoms with Gasteiger partial charge < -0.3 is 4.74 Å². The molecule has 0 heterocycles. The van der Waals surface area contributed by atoms with Crippen molar-refractivity contribution in [1.29, 1.82) is 0 Å². The third-order valence-electron chi connectivity index (χ3n) is 1.52. The third-order valence-corrected chi connectivity index (χ3v) is 1.52. The smallest absolute Gasteiger partial charge is 0.153 e. The lowest BCUT2D eigenvalue weighted by Gasteiger charge is -2.03. The van der Waals surface area contributed by atoms with Gasteiger partial charge in [0, 0.05) is 0 Å². The van der Waals surface area contributed by atoms with Crippen molar-refractivity contribution in [2.75, 3.05) is 6.61 Å². The second-order valence-electron chi connectivity index (χ2n) is 2.37. The van der Waals surface area contributed by atoms with Crippen LogP contribution in [0.3, 0.4) is 0 Å². The van der Waals surface area contributed by atoms with Crippen molar-refractivity contribution in [2.45, 2.75) is 6.92 Å². The Bertz CT molecular complexity index is 345. The van der Waals surface area contributed by atoms with E-state index in [0.717, 1.165) is 6.29 Å². The van der Waals surface area contributed by atoms with Crippen molar-refractivity contribution in [1.82, 2.24) is 0 Å². The highest BCUT2D eigenvalue weighted by atomic mass is 16.5. The molecule has 0 spiro atoms. The molecule has 1 aromatic rings. The predicted molar refractivity (Wildman–Crippen MR) is 50.8 cm³/mol. The number of para-hydroxylation sites is 1. The highest BCUT2D eigenvalue weighted by molar-refractivity contribution is 5.79. The lowest BCUT2D eigenvalue weighted by molar-refractivity contribution is 0.112. The molecule has 0 N–H and O–H groups in total. The van der Waals surface area contributed by atoms with E-state index in [1.54, 1.807) is 25.1 Å².